The molecule has 36 heavy (non-hydrogen) atoms. The summed E-state index contributed by atoms with van der Waals surface area (Å²) in [7, 11) is -3.45. The summed E-state index contributed by atoms with van der Waals surface area (Å²) in [5.41, 5.74) is 2.38. The molecule has 0 aliphatic carbocycles. The first-order valence-corrected chi connectivity index (χ1v) is 14.8. The minimum atomic E-state index is -3.45. The van der Waals surface area contributed by atoms with Gasteiger partial charge in [-0.05, 0) is 75.3 Å². The van der Waals surface area contributed by atoms with Gasteiger partial charge in [0.1, 0.15) is 5.75 Å². The van der Waals surface area contributed by atoms with Gasteiger partial charge in [0.2, 0.25) is 15.9 Å². The maximum Gasteiger partial charge on any atom is 0.223 e. The quantitative estimate of drug-likeness (QED) is 0.459. The highest BCUT2D eigenvalue weighted by atomic mass is 35.5. The summed E-state index contributed by atoms with van der Waals surface area (Å²) in [6.07, 6.45) is 4.82. The van der Waals surface area contributed by atoms with Crippen molar-refractivity contribution in [2.45, 2.75) is 58.1 Å². The number of sulfonamides is 1. The summed E-state index contributed by atoms with van der Waals surface area (Å²) in [5.74, 6) is 0.868. The molecule has 4 rings (SSSR count). The van der Waals surface area contributed by atoms with Crippen LogP contribution in [0.2, 0.25) is 5.02 Å². The summed E-state index contributed by atoms with van der Waals surface area (Å²) < 4.78 is 34.2. The molecule has 0 unspecified atom stereocenters. The Bertz CT molecular complexity index is 1170. The number of piperidine rings is 2. The third-order valence-electron chi connectivity index (χ3n) is 7.52. The molecule has 2 saturated heterocycles. The number of benzene rings is 2. The normalized spacial score (nSPS) is 18.7. The molecule has 0 atom stereocenters. The van der Waals surface area contributed by atoms with Crippen LogP contribution in [0.5, 0.6) is 5.75 Å². The zero-order valence-electron chi connectivity index (χ0n) is 21.3. The lowest BCUT2D eigenvalue weighted by Gasteiger charge is -2.42. The van der Waals surface area contributed by atoms with Crippen molar-refractivity contribution < 1.29 is 17.9 Å². The van der Waals surface area contributed by atoms with Crippen LogP contribution in [0.15, 0.2) is 42.5 Å². The number of ether oxygens (including phenoxy) is 1. The van der Waals surface area contributed by atoms with Crippen LogP contribution in [0.1, 0.15) is 55.2 Å². The first-order chi connectivity index (χ1) is 17.2. The van der Waals surface area contributed by atoms with Gasteiger partial charge in [-0.3, -0.25) is 4.79 Å². The molecule has 2 aromatic carbocycles. The predicted molar refractivity (Wildman–Crippen MR) is 144 cm³/mol. The van der Waals surface area contributed by atoms with E-state index in [9.17, 15) is 13.2 Å². The second-order valence-corrected chi connectivity index (χ2v) is 12.8. The summed E-state index contributed by atoms with van der Waals surface area (Å²) in [4.78, 5) is 15.2. The van der Waals surface area contributed by atoms with Gasteiger partial charge in [-0.15, -0.1) is 0 Å². The Morgan fingerprint density at radius 2 is 1.72 bits per heavy atom. The third kappa shape index (κ3) is 6.81. The SMILES string of the molecule is Cc1cccc(CS(=O)(=O)N2CCC(COc3ccc(Cl)c(C)c3)(CC(=O)N3CCCCC3)CC2)c1. The van der Waals surface area contributed by atoms with Crippen LogP contribution in [0.25, 0.3) is 0 Å². The van der Waals surface area contributed by atoms with Crippen LogP contribution < -0.4 is 4.74 Å². The van der Waals surface area contributed by atoms with E-state index in [1.165, 1.54) is 6.42 Å². The van der Waals surface area contributed by atoms with Gasteiger partial charge in [0.25, 0.3) is 0 Å². The number of carbonyl (C=O) groups excluding carboxylic acids is 1. The second kappa shape index (κ2) is 11.5. The molecule has 0 spiro atoms. The highest BCUT2D eigenvalue weighted by molar-refractivity contribution is 7.88. The minimum absolute atomic E-state index is 0.00502. The van der Waals surface area contributed by atoms with Crippen molar-refractivity contribution in [3.63, 3.8) is 0 Å². The Morgan fingerprint density at radius 3 is 2.39 bits per heavy atom. The van der Waals surface area contributed by atoms with Crippen LogP contribution in [0.3, 0.4) is 0 Å². The average molecular weight is 533 g/mol. The molecule has 196 valence electrons. The first kappa shape index (κ1) is 27.0. The molecular formula is C28H37ClN2O4S. The minimum Gasteiger partial charge on any atom is -0.493 e. The predicted octanol–water partition coefficient (Wildman–Crippen LogP) is 5.35. The average Bonchev–Trinajstić information content (AvgIpc) is 2.85. The fraction of sp³-hybridized carbons (Fsp3) is 0.536. The number of halogens is 1. The van der Waals surface area contributed by atoms with Gasteiger partial charge in [-0.2, -0.15) is 0 Å². The molecule has 2 fully saturated rings. The van der Waals surface area contributed by atoms with Crippen LogP contribution in [0.4, 0.5) is 0 Å². The fourth-order valence-electron chi connectivity index (χ4n) is 5.23. The van der Waals surface area contributed by atoms with Crippen molar-refractivity contribution in [2.75, 3.05) is 32.8 Å². The number of aryl methyl sites for hydroxylation is 2. The van der Waals surface area contributed by atoms with Crippen molar-refractivity contribution in [3.05, 3.63) is 64.2 Å². The van der Waals surface area contributed by atoms with Gasteiger partial charge in [0.05, 0.1) is 12.4 Å². The number of amides is 1. The Kier molecular flexibility index (Phi) is 8.63. The number of hydrogen-bond donors (Lipinski definition) is 0. The molecule has 0 aromatic heterocycles. The monoisotopic (exact) mass is 532 g/mol. The third-order valence-corrected chi connectivity index (χ3v) is 9.79. The lowest BCUT2D eigenvalue weighted by Crippen LogP contribution is -2.48. The van der Waals surface area contributed by atoms with E-state index < -0.39 is 15.4 Å². The van der Waals surface area contributed by atoms with Crippen molar-refractivity contribution >= 4 is 27.5 Å². The number of carbonyl (C=O) groups is 1. The van der Waals surface area contributed by atoms with Crippen LogP contribution >= 0.6 is 11.6 Å². The molecule has 8 heteroatoms. The van der Waals surface area contributed by atoms with Crippen molar-refractivity contribution in [3.8, 4) is 5.75 Å². The highest BCUT2D eigenvalue weighted by Crippen LogP contribution is 2.38. The molecule has 2 heterocycles. The van der Waals surface area contributed by atoms with Gasteiger partial charge in [-0.1, -0.05) is 41.4 Å². The molecule has 1 amide bonds. The summed E-state index contributed by atoms with van der Waals surface area (Å²) in [6, 6.07) is 13.2. The standard InChI is InChI=1S/C28H37ClN2O4S/c1-22-7-6-8-24(17-22)20-36(33,34)31-15-11-28(12-16-31,19-27(32)30-13-4-3-5-14-30)21-35-25-9-10-26(29)23(2)18-25/h6-10,17-18H,3-5,11-16,19-21H2,1-2H3. The van der Waals surface area contributed by atoms with Crippen molar-refractivity contribution in [1.29, 1.82) is 0 Å². The summed E-state index contributed by atoms with van der Waals surface area (Å²) in [5, 5.41) is 0.685. The van der Waals surface area contributed by atoms with E-state index in [2.05, 4.69) is 0 Å². The van der Waals surface area contributed by atoms with Crippen molar-refractivity contribution in [2.24, 2.45) is 5.41 Å². The lowest BCUT2D eigenvalue weighted by molar-refractivity contribution is -0.136. The molecule has 0 bridgehead atoms. The van der Waals surface area contributed by atoms with Crippen LogP contribution in [-0.4, -0.2) is 56.3 Å². The zero-order valence-corrected chi connectivity index (χ0v) is 22.9. The number of rotatable bonds is 8. The van der Waals surface area contributed by atoms with Crippen molar-refractivity contribution in [1.82, 2.24) is 9.21 Å². The van der Waals surface area contributed by atoms with Gasteiger partial charge in [0.15, 0.2) is 0 Å². The van der Waals surface area contributed by atoms with Gasteiger partial charge in [-0.25, -0.2) is 12.7 Å². The molecule has 0 radical (unpaired) electrons. The van der Waals surface area contributed by atoms with Gasteiger partial charge in [0, 0.05) is 43.0 Å². The van der Waals surface area contributed by atoms with E-state index in [0.717, 1.165) is 48.4 Å². The molecule has 0 N–H and O–H groups in total. The van der Waals surface area contributed by atoms with E-state index >= 15 is 0 Å². The van der Waals surface area contributed by atoms with E-state index in [0.29, 0.717) is 44.0 Å². The van der Waals surface area contributed by atoms with Gasteiger partial charge < -0.3 is 9.64 Å². The number of likely N-dealkylation sites (tertiary alicyclic amines) is 1. The highest BCUT2D eigenvalue weighted by Gasteiger charge is 2.41. The van der Waals surface area contributed by atoms with Crippen LogP contribution in [0, 0.1) is 19.3 Å². The Labute approximate surface area is 220 Å². The molecule has 2 aromatic rings. The largest absolute Gasteiger partial charge is 0.493 e. The number of hydrogen-bond acceptors (Lipinski definition) is 4. The molecule has 6 nitrogen and oxygen atoms in total. The van der Waals surface area contributed by atoms with E-state index in [1.807, 2.05) is 61.2 Å². The molecule has 0 saturated carbocycles. The second-order valence-electron chi connectivity index (χ2n) is 10.5. The maximum absolute atomic E-state index is 13.3. The smallest absolute Gasteiger partial charge is 0.223 e. The zero-order chi connectivity index (χ0) is 25.8. The first-order valence-electron chi connectivity index (χ1n) is 12.9. The Balaban J connectivity index is 1.46. The van der Waals surface area contributed by atoms with E-state index in [1.54, 1.807) is 4.31 Å². The van der Waals surface area contributed by atoms with Crippen LogP contribution in [-0.2, 0) is 20.6 Å². The lowest BCUT2D eigenvalue weighted by atomic mass is 9.76. The maximum atomic E-state index is 13.3. The van der Waals surface area contributed by atoms with E-state index in [4.69, 9.17) is 16.3 Å². The summed E-state index contributed by atoms with van der Waals surface area (Å²) in [6.45, 7) is 6.68. The topological polar surface area (TPSA) is 66.9 Å². The molecule has 2 aliphatic rings. The Morgan fingerprint density at radius 1 is 1.00 bits per heavy atom. The number of nitrogens with zero attached hydrogens (tertiary/aromatic N) is 2. The molecular weight excluding hydrogens is 496 g/mol. The summed E-state index contributed by atoms with van der Waals surface area (Å²) >= 11 is 6.17. The fourth-order valence-corrected chi connectivity index (χ4v) is 6.87. The molecule has 2 aliphatic heterocycles. The Hall–Kier alpha value is -2.09. The van der Waals surface area contributed by atoms with E-state index in [-0.39, 0.29) is 11.7 Å². The van der Waals surface area contributed by atoms with Gasteiger partial charge >= 0.3 is 0 Å².